The van der Waals surface area contributed by atoms with Crippen molar-refractivity contribution in [2.24, 2.45) is 0 Å². The largest absolute Gasteiger partial charge is 0.349 e. The summed E-state index contributed by atoms with van der Waals surface area (Å²) in [6.45, 7) is 0.666. The molecular weight excluding hydrogens is 280 g/mol. The summed E-state index contributed by atoms with van der Waals surface area (Å²) in [7, 11) is 0. The van der Waals surface area contributed by atoms with E-state index in [-0.39, 0.29) is 0 Å². The van der Waals surface area contributed by atoms with Crippen molar-refractivity contribution in [3.8, 4) is 10.7 Å². The Morgan fingerprint density at radius 1 is 1.21 bits per heavy atom. The zero-order valence-electron chi connectivity index (χ0n) is 9.93. The van der Waals surface area contributed by atoms with E-state index in [0.717, 1.165) is 21.3 Å². The number of aromatic nitrogens is 3. The first-order valence-corrected chi connectivity index (χ1v) is 7.01. The van der Waals surface area contributed by atoms with Crippen molar-refractivity contribution in [3.05, 3.63) is 52.4 Å². The molecule has 96 valence electrons. The summed E-state index contributed by atoms with van der Waals surface area (Å²) in [5.41, 5.74) is 1.13. The molecule has 0 aliphatic carbocycles. The average molecular weight is 291 g/mol. The maximum atomic E-state index is 5.84. The monoisotopic (exact) mass is 290 g/mol. The highest BCUT2D eigenvalue weighted by Crippen LogP contribution is 2.21. The molecule has 2 aromatic heterocycles. The number of nitrogens with zero attached hydrogens (tertiary/aromatic N) is 2. The topological polar surface area (TPSA) is 53.6 Å². The summed E-state index contributed by atoms with van der Waals surface area (Å²) in [6, 6.07) is 11.7. The van der Waals surface area contributed by atoms with Crippen LogP contribution in [0.15, 0.2) is 41.8 Å². The summed E-state index contributed by atoms with van der Waals surface area (Å²) in [6.07, 6.45) is 0. The van der Waals surface area contributed by atoms with Crippen molar-refractivity contribution < 1.29 is 0 Å². The lowest BCUT2D eigenvalue weighted by molar-refractivity contribution is 1.05. The van der Waals surface area contributed by atoms with Crippen LogP contribution in [0.3, 0.4) is 0 Å². The molecule has 0 aliphatic rings. The van der Waals surface area contributed by atoms with Crippen LogP contribution in [0.4, 0.5) is 5.95 Å². The van der Waals surface area contributed by atoms with Gasteiger partial charge in [-0.15, -0.1) is 16.4 Å². The van der Waals surface area contributed by atoms with Crippen LogP contribution in [0.2, 0.25) is 5.02 Å². The molecule has 0 aliphatic heterocycles. The molecule has 2 N–H and O–H groups in total. The van der Waals surface area contributed by atoms with E-state index in [1.54, 1.807) is 11.3 Å². The van der Waals surface area contributed by atoms with Gasteiger partial charge in [0.2, 0.25) is 5.95 Å². The molecule has 0 fully saturated rings. The Bertz CT molecular complexity index is 646. The first-order valence-electron chi connectivity index (χ1n) is 5.76. The van der Waals surface area contributed by atoms with Crippen molar-refractivity contribution in [3.63, 3.8) is 0 Å². The van der Waals surface area contributed by atoms with Crippen LogP contribution in [0.1, 0.15) is 5.56 Å². The smallest absolute Gasteiger partial charge is 0.242 e. The Balaban J connectivity index is 1.66. The first-order chi connectivity index (χ1) is 9.31. The van der Waals surface area contributed by atoms with Crippen LogP contribution in [-0.4, -0.2) is 15.2 Å². The maximum Gasteiger partial charge on any atom is 0.242 e. The Morgan fingerprint density at radius 2 is 2.05 bits per heavy atom. The van der Waals surface area contributed by atoms with Crippen LogP contribution in [-0.2, 0) is 6.54 Å². The number of nitrogens with one attached hydrogen (secondary N) is 2. The van der Waals surface area contributed by atoms with E-state index < -0.39 is 0 Å². The van der Waals surface area contributed by atoms with Crippen LogP contribution >= 0.6 is 22.9 Å². The minimum absolute atomic E-state index is 0.596. The highest BCUT2D eigenvalue weighted by Gasteiger charge is 2.05. The summed E-state index contributed by atoms with van der Waals surface area (Å²) >= 11 is 7.47. The Kier molecular flexibility index (Phi) is 3.48. The zero-order valence-corrected chi connectivity index (χ0v) is 11.5. The Labute approximate surface area is 119 Å². The number of aromatic amines is 1. The summed E-state index contributed by atoms with van der Waals surface area (Å²) in [5, 5.41) is 13.0. The van der Waals surface area contributed by atoms with Gasteiger partial charge >= 0.3 is 0 Å². The van der Waals surface area contributed by atoms with Crippen LogP contribution < -0.4 is 5.32 Å². The number of H-pyrrole nitrogens is 1. The van der Waals surface area contributed by atoms with E-state index in [1.165, 1.54) is 0 Å². The fraction of sp³-hybridized carbons (Fsp3) is 0.0769. The molecule has 0 unspecified atom stereocenters. The van der Waals surface area contributed by atoms with E-state index in [0.29, 0.717) is 12.5 Å². The van der Waals surface area contributed by atoms with Gasteiger partial charge in [-0.2, -0.15) is 4.98 Å². The van der Waals surface area contributed by atoms with E-state index >= 15 is 0 Å². The van der Waals surface area contributed by atoms with Gasteiger partial charge < -0.3 is 5.32 Å². The molecule has 6 heteroatoms. The molecule has 0 atom stereocenters. The molecule has 2 heterocycles. The van der Waals surface area contributed by atoms with Crippen molar-refractivity contribution >= 4 is 28.9 Å². The Hall–Kier alpha value is -1.85. The van der Waals surface area contributed by atoms with E-state index in [1.807, 2.05) is 41.8 Å². The molecule has 19 heavy (non-hydrogen) atoms. The highest BCUT2D eigenvalue weighted by molar-refractivity contribution is 7.13. The van der Waals surface area contributed by atoms with Gasteiger partial charge in [0.1, 0.15) is 0 Å². The second-order valence-electron chi connectivity index (χ2n) is 3.96. The molecule has 0 spiro atoms. The van der Waals surface area contributed by atoms with Gasteiger partial charge in [-0.1, -0.05) is 29.8 Å². The second-order valence-corrected chi connectivity index (χ2v) is 5.35. The maximum absolute atomic E-state index is 5.84. The van der Waals surface area contributed by atoms with E-state index in [9.17, 15) is 0 Å². The second kappa shape index (κ2) is 5.42. The lowest BCUT2D eigenvalue weighted by Gasteiger charge is -2.01. The number of benzene rings is 1. The first kappa shape index (κ1) is 12.2. The SMILES string of the molecule is Clc1ccc(CNc2n[nH]c(-c3cccs3)n2)cc1. The predicted octanol–water partition coefficient (Wildman–Crippen LogP) is 3.80. The fourth-order valence-electron chi connectivity index (χ4n) is 1.65. The third kappa shape index (κ3) is 2.94. The van der Waals surface area contributed by atoms with Gasteiger partial charge in [-0.05, 0) is 29.1 Å². The number of anilines is 1. The standard InChI is InChI=1S/C13H11ClN4S/c14-10-5-3-9(4-6-10)8-15-13-16-12(17-18-13)11-2-1-7-19-11/h1-7H,8H2,(H2,15,16,17,18). The number of rotatable bonds is 4. The minimum atomic E-state index is 0.596. The predicted molar refractivity (Wildman–Crippen MR) is 78.5 cm³/mol. The van der Waals surface area contributed by atoms with Gasteiger partial charge in [0.15, 0.2) is 5.82 Å². The minimum Gasteiger partial charge on any atom is -0.349 e. The number of halogens is 1. The molecular formula is C13H11ClN4S. The normalized spacial score (nSPS) is 10.6. The number of thiophene rings is 1. The summed E-state index contributed by atoms with van der Waals surface area (Å²) in [5.74, 6) is 1.38. The molecule has 0 amide bonds. The molecule has 1 aromatic carbocycles. The Morgan fingerprint density at radius 3 is 2.79 bits per heavy atom. The summed E-state index contributed by atoms with van der Waals surface area (Å²) < 4.78 is 0. The molecule has 0 bridgehead atoms. The van der Waals surface area contributed by atoms with Gasteiger partial charge in [-0.3, -0.25) is 5.10 Å². The lowest BCUT2D eigenvalue weighted by Crippen LogP contribution is -2.00. The van der Waals surface area contributed by atoms with Gasteiger partial charge in [-0.25, -0.2) is 0 Å². The van der Waals surface area contributed by atoms with Gasteiger partial charge in [0.05, 0.1) is 4.88 Å². The summed E-state index contributed by atoms with van der Waals surface area (Å²) in [4.78, 5) is 5.47. The quantitative estimate of drug-likeness (QED) is 0.768. The molecule has 0 saturated carbocycles. The fourth-order valence-corrected chi connectivity index (χ4v) is 2.44. The van der Waals surface area contributed by atoms with Crippen LogP contribution in [0, 0.1) is 0 Å². The zero-order chi connectivity index (χ0) is 13.1. The molecule has 0 radical (unpaired) electrons. The van der Waals surface area contributed by atoms with Gasteiger partial charge in [0, 0.05) is 11.6 Å². The third-order valence-corrected chi connectivity index (χ3v) is 3.73. The van der Waals surface area contributed by atoms with Crippen molar-refractivity contribution in [2.75, 3.05) is 5.32 Å². The van der Waals surface area contributed by atoms with Crippen LogP contribution in [0.25, 0.3) is 10.7 Å². The highest BCUT2D eigenvalue weighted by atomic mass is 35.5. The number of hydrogen-bond acceptors (Lipinski definition) is 4. The molecule has 0 saturated heterocycles. The third-order valence-electron chi connectivity index (χ3n) is 2.60. The van der Waals surface area contributed by atoms with Crippen LogP contribution in [0.5, 0.6) is 0 Å². The van der Waals surface area contributed by atoms with E-state index in [4.69, 9.17) is 11.6 Å². The lowest BCUT2D eigenvalue weighted by atomic mass is 10.2. The number of hydrogen-bond donors (Lipinski definition) is 2. The van der Waals surface area contributed by atoms with Crippen molar-refractivity contribution in [2.45, 2.75) is 6.54 Å². The molecule has 3 rings (SSSR count). The van der Waals surface area contributed by atoms with Crippen molar-refractivity contribution in [1.29, 1.82) is 0 Å². The molecule has 4 nitrogen and oxygen atoms in total. The average Bonchev–Trinajstić information content (AvgIpc) is 3.09. The van der Waals surface area contributed by atoms with E-state index in [2.05, 4.69) is 20.5 Å². The van der Waals surface area contributed by atoms with Gasteiger partial charge in [0.25, 0.3) is 0 Å². The van der Waals surface area contributed by atoms with Crippen molar-refractivity contribution in [1.82, 2.24) is 15.2 Å². The molecule has 3 aromatic rings.